The summed E-state index contributed by atoms with van der Waals surface area (Å²) < 4.78 is 5.61. The van der Waals surface area contributed by atoms with Gasteiger partial charge in [0.2, 0.25) is 0 Å². The predicted octanol–water partition coefficient (Wildman–Crippen LogP) is 5.24. The fourth-order valence-corrected chi connectivity index (χ4v) is 2.62. The van der Waals surface area contributed by atoms with E-state index < -0.39 is 0 Å². The van der Waals surface area contributed by atoms with Gasteiger partial charge in [0.15, 0.2) is 5.90 Å². The fourth-order valence-electron chi connectivity index (χ4n) is 2.45. The molecule has 1 aliphatic rings. The SMILES string of the molecule is CCOC1=Nc2ccc(Cl)cc2C(c2ccccc2)=CC1. The summed E-state index contributed by atoms with van der Waals surface area (Å²) in [5, 5.41) is 0.714. The minimum atomic E-state index is 0.621. The van der Waals surface area contributed by atoms with Gasteiger partial charge in [0.25, 0.3) is 0 Å². The van der Waals surface area contributed by atoms with Crippen molar-refractivity contribution >= 4 is 28.8 Å². The Morgan fingerprint density at radius 1 is 1.14 bits per heavy atom. The van der Waals surface area contributed by atoms with Gasteiger partial charge in [-0.2, -0.15) is 0 Å². The van der Waals surface area contributed by atoms with Crippen molar-refractivity contribution in [3.05, 3.63) is 70.8 Å². The van der Waals surface area contributed by atoms with E-state index in [0.29, 0.717) is 18.1 Å². The molecule has 1 aliphatic heterocycles. The molecule has 0 bridgehead atoms. The minimum Gasteiger partial charge on any atom is -0.481 e. The molecule has 21 heavy (non-hydrogen) atoms. The molecule has 106 valence electrons. The molecule has 0 radical (unpaired) electrons. The molecule has 0 fully saturated rings. The topological polar surface area (TPSA) is 21.6 Å². The van der Waals surface area contributed by atoms with Crippen LogP contribution in [-0.4, -0.2) is 12.5 Å². The van der Waals surface area contributed by atoms with Crippen molar-refractivity contribution in [1.82, 2.24) is 0 Å². The molecule has 3 rings (SSSR count). The molecule has 2 nitrogen and oxygen atoms in total. The molecule has 0 spiro atoms. The lowest BCUT2D eigenvalue weighted by atomic mass is 9.96. The summed E-state index contributed by atoms with van der Waals surface area (Å²) in [7, 11) is 0. The lowest BCUT2D eigenvalue weighted by molar-refractivity contribution is 0.321. The average Bonchev–Trinajstić information content (AvgIpc) is 2.68. The van der Waals surface area contributed by atoms with Crippen LogP contribution in [0.3, 0.4) is 0 Å². The molecular weight excluding hydrogens is 282 g/mol. The zero-order valence-electron chi connectivity index (χ0n) is 11.8. The summed E-state index contributed by atoms with van der Waals surface area (Å²) in [5.74, 6) is 0.743. The van der Waals surface area contributed by atoms with Crippen LogP contribution in [0.15, 0.2) is 59.6 Å². The van der Waals surface area contributed by atoms with Gasteiger partial charge in [-0.3, -0.25) is 0 Å². The highest BCUT2D eigenvalue weighted by molar-refractivity contribution is 6.31. The highest BCUT2D eigenvalue weighted by Gasteiger charge is 2.15. The summed E-state index contributed by atoms with van der Waals surface area (Å²) in [6.07, 6.45) is 2.84. The maximum atomic E-state index is 6.17. The van der Waals surface area contributed by atoms with Crippen LogP contribution in [0.5, 0.6) is 0 Å². The van der Waals surface area contributed by atoms with Gasteiger partial charge >= 0.3 is 0 Å². The number of hydrogen-bond acceptors (Lipinski definition) is 2. The van der Waals surface area contributed by atoms with E-state index in [-0.39, 0.29) is 0 Å². The molecule has 0 saturated carbocycles. The minimum absolute atomic E-state index is 0.621. The second-order valence-corrected chi connectivity index (χ2v) is 5.22. The van der Waals surface area contributed by atoms with Gasteiger partial charge in [-0.1, -0.05) is 48.0 Å². The van der Waals surface area contributed by atoms with E-state index in [4.69, 9.17) is 16.3 Å². The second kappa shape index (κ2) is 6.15. The Morgan fingerprint density at radius 3 is 2.71 bits per heavy atom. The number of benzene rings is 2. The van der Waals surface area contributed by atoms with Crippen molar-refractivity contribution in [2.24, 2.45) is 4.99 Å². The molecule has 0 atom stereocenters. The number of halogens is 1. The van der Waals surface area contributed by atoms with Crippen molar-refractivity contribution in [2.75, 3.05) is 6.61 Å². The number of nitrogens with zero attached hydrogens (tertiary/aromatic N) is 1. The van der Waals surface area contributed by atoms with Gasteiger partial charge in [-0.25, -0.2) is 4.99 Å². The summed E-state index contributed by atoms with van der Waals surface area (Å²) in [6.45, 7) is 2.59. The lowest BCUT2D eigenvalue weighted by Gasteiger charge is -2.10. The molecule has 2 aromatic rings. The highest BCUT2D eigenvalue weighted by Crippen LogP contribution is 2.36. The van der Waals surface area contributed by atoms with Gasteiger partial charge in [-0.05, 0) is 36.3 Å². The van der Waals surface area contributed by atoms with Gasteiger partial charge in [0.1, 0.15) is 0 Å². The van der Waals surface area contributed by atoms with Crippen LogP contribution < -0.4 is 0 Å². The third-order valence-electron chi connectivity index (χ3n) is 3.37. The quantitative estimate of drug-likeness (QED) is 0.742. The third kappa shape index (κ3) is 3.01. The second-order valence-electron chi connectivity index (χ2n) is 4.79. The first-order chi connectivity index (χ1) is 10.3. The predicted molar refractivity (Wildman–Crippen MR) is 88.3 cm³/mol. The van der Waals surface area contributed by atoms with E-state index in [0.717, 1.165) is 28.3 Å². The number of aliphatic imine (C=N–C) groups is 1. The Morgan fingerprint density at radius 2 is 1.95 bits per heavy atom. The van der Waals surface area contributed by atoms with E-state index in [1.54, 1.807) is 0 Å². The number of rotatable bonds is 2. The Hall–Kier alpha value is -2.06. The van der Waals surface area contributed by atoms with Crippen LogP contribution >= 0.6 is 11.6 Å². The van der Waals surface area contributed by atoms with Gasteiger partial charge in [0, 0.05) is 17.0 Å². The standard InChI is InChI=1S/C18H16ClNO/c1-2-21-18-11-9-15(13-6-4-3-5-7-13)16-12-14(19)8-10-17(16)20-18/h3-10,12H,2,11H2,1H3. The summed E-state index contributed by atoms with van der Waals surface area (Å²) in [6, 6.07) is 16.1. The van der Waals surface area contributed by atoms with Crippen LogP contribution in [0, 0.1) is 0 Å². The van der Waals surface area contributed by atoms with E-state index in [1.807, 2.05) is 43.3 Å². The molecule has 1 heterocycles. The largest absolute Gasteiger partial charge is 0.481 e. The normalized spacial score (nSPS) is 13.8. The van der Waals surface area contributed by atoms with E-state index in [2.05, 4.69) is 23.2 Å². The first-order valence-corrected chi connectivity index (χ1v) is 7.41. The van der Waals surface area contributed by atoms with Crippen molar-refractivity contribution in [3.63, 3.8) is 0 Å². The molecule has 2 aromatic carbocycles. The van der Waals surface area contributed by atoms with Gasteiger partial charge in [-0.15, -0.1) is 0 Å². The Kier molecular flexibility index (Phi) is 4.07. The van der Waals surface area contributed by atoms with Gasteiger partial charge < -0.3 is 4.74 Å². The number of ether oxygens (including phenoxy) is 1. The van der Waals surface area contributed by atoms with Crippen molar-refractivity contribution < 1.29 is 4.74 Å². The molecule has 3 heteroatoms. The molecule has 0 amide bonds. The zero-order valence-corrected chi connectivity index (χ0v) is 12.6. The maximum Gasteiger partial charge on any atom is 0.192 e. The lowest BCUT2D eigenvalue weighted by Crippen LogP contribution is -2.01. The van der Waals surface area contributed by atoms with Crippen LogP contribution in [-0.2, 0) is 4.74 Å². The van der Waals surface area contributed by atoms with Crippen molar-refractivity contribution in [3.8, 4) is 0 Å². The van der Waals surface area contributed by atoms with Crippen LogP contribution in [0.25, 0.3) is 5.57 Å². The number of fused-ring (bicyclic) bond motifs is 1. The average molecular weight is 298 g/mol. The smallest absolute Gasteiger partial charge is 0.192 e. The van der Waals surface area contributed by atoms with Crippen molar-refractivity contribution in [1.29, 1.82) is 0 Å². The van der Waals surface area contributed by atoms with Crippen molar-refractivity contribution in [2.45, 2.75) is 13.3 Å². The monoisotopic (exact) mass is 297 g/mol. The molecule has 0 saturated heterocycles. The Labute approximate surface area is 129 Å². The van der Waals surface area contributed by atoms with Crippen LogP contribution in [0.2, 0.25) is 5.02 Å². The first-order valence-electron chi connectivity index (χ1n) is 7.04. The van der Waals surface area contributed by atoms with E-state index >= 15 is 0 Å². The maximum absolute atomic E-state index is 6.17. The summed E-state index contributed by atoms with van der Waals surface area (Å²) >= 11 is 6.17. The Balaban J connectivity index is 2.14. The molecule has 0 aliphatic carbocycles. The fraction of sp³-hybridized carbons (Fsp3) is 0.167. The van der Waals surface area contributed by atoms with Crippen LogP contribution in [0.4, 0.5) is 5.69 Å². The molecule has 0 N–H and O–H groups in total. The van der Waals surface area contributed by atoms with Crippen LogP contribution in [0.1, 0.15) is 24.5 Å². The molecular formula is C18H16ClNO. The molecule has 0 aromatic heterocycles. The first kappa shape index (κ1) is 13.9. The Bertz CT molecular complexity index is 704. The summed E-state index contributed by atoms with van der Waals surface area (Å²) in [4.78, 5) is 4.63. The third-order valence-corrected chi connectivity index (χ3v) is 3.61. The van der Waals surface area contributed by atoms with E-state index in [9.17, 15) is 0 Å². The highest BCUT2D eigenvalue weighted by atomic mass is 35.5. The molecule has 0 unspecified atom stereocenters. The zero-order chi connectivity index (χ0) is 14.7. The number of hydrogen-bond donors (Lipinski definition) is 0. The van der Waals surface area contributed by atoms with Gasteiger partial charge in [0.05, 0.1) is 12.3 Å². The summed E-state index contributed by atoms with van der Waals surface area (Å²) in [5.41, 5.74) is 4.25. The van der Waals surface area contributed by atoms with E-state index in [1.165, 1.54) is 0 Å².